The van der Waals surface area contributed by atoms with Gasteiger partial charge in [0.05, 0.1) is 11.0 Å². The number of hydrogen-bond acceptors (Lipinski definition) is 5. The Kier molecular flexibility index (Phi) is 4.95. The number of benzene rings is 2. The van der Waals surface area contributed by atoms with Crippen molar-refractivity contribution in [1.29, 1.82) is 0 Å². The van der Waals surface area contributed by atoms with E-state index in [2.05, 4.69) is 10.3 Å². The third-order valence-electron chi connectivity index (χ3n) is 4.75. The van der Waals surface area contributed by atoms with Gasteiger partial charge in [-0.15, -0.1) is 11.8 Å². The van der Waals surface area contributed by atoms with Crippen molar-refractivity contribution in [1.82, 2.24) is 14.7 Å². The van der Waals surface area contributed by atoms with Gasteiger partial charge in [-0.1, -0.05) is 23.5 Å². The van der Waals surface area contributed by atoms with E-state index in [9.17, 15) is 9.59 Å². The lowest BCUT2D eigenvalue weighted by Gasteiger charge is -2.06. The Hall–Kier alpha value is -2.64. The van der Waals surface area contributed by atoms with E-state index in [1.54, 1.807) is 16.2 Å². The van der Waals surface area contributed by atoms with Gasteiger partial charge in [0, 0.05) is 17.5 Å². The summed E-state index contributed by atoms with van der Waals surface area (Å²) in [6.07, 6.45) is 2.02. The van der Waals surface area contributed by atoms with Crippen molar-refractivity contribution in [2.75, 3.05) is 6.26 Å². The highest BCUT2D eigenvalue weighted by atomic mass is 32.2. The fourth-order valence-corrected chi connectivity index (χ4v) is 4.37. The van der Waals surface area contributed by atoms with Gasteiger partial charge in [-0.05, 0) is 61.1 Å². The van der Waals surface area contributed by atoms with Crippen LogP contribution >= 0.6 is 23.1 Å². The second-order valence-electron chi connectivity index (χ2n) is 6.63. The Morgan fingerprint density at radius 2 is 1.86 bits per heavy atom. The average Bonchev–Trinajstić information content (AvgIpc) is 3.04. The molecule has 2 heterocycles. The molecule has 0 saturated heterocycles. The molecule has 1 N–H and O–H groups in total. The third-order valence-corrected chi connectivity index (χ3v) is 6.47. The number of nitrogens with one attached hydrogen (secondary N) is 1. The highest BCUT2D eigenvalue weighted by Gasteiger charge is 2.14. The first kappa shape index (κ1) is 18.7. The second kappa shape index (κ2) is 7.41. The molecule has 0 atom stereocenters. The van der Waals surface area contributed by atoms with E-state index in [4.69, 9.17) is 0 Å². The van der Waals surface area contributed by atoms with E-state index in [-0.39, 0.29) is 11.5 Å². The molecule has 0 aliphatic rings. The molecular weight excluding hydrogens is 390 g/mol. The largest absolute Gasteiger partial charge is 0.347 e. The average molecular weight is 410 g/mol. The Labute approximate surface area is 170 Å². The molecule has 28 heavy (non-hydrogen) atoms. The monoisotopic (exact) mass is 409 g/mol. The summed E-state index contributed by atoms with van der Waals surface area (Å²) in [5, 5.41) is 2.89. The number of carbonyl (C=O) groups excluding carboxylic acids is 1. The number of nitrogens with zero attached hydrogens (tertiary/aromatic N) is 2. The SMILES string of the molecule is CSc1ccc(CNC(=O)c2cc(=O)n3c(nc4cc(C)c(C)cc43)s2)cc1. The number of imidazole rings is 1. The Bertz CT molecular complexity index is 1260. The molecule has 2 aromatic carbocycles. The molecule has 7 heteroatoms. The predicted molar refractivity (Wildman–Crippen MR) is 116 cm³/mol. The third kappa shape index (κ3) is 3.43. The van der Waals surface area contributed by atoms with Gasteiger partial charge in [0.15, 0.2) is 4.96 Å². The molecular formula is C21H19N3O2S2. The van der Waals surface area contributed by atoms with Gasteiger partial charge in [-0.3, -0.25) is 14.0 Å². The Morgan fingerprint density at radius 3 is 2.57 bits per heavy atom. The van der Waals surface area contributed by atoms with Crippen LogP contribution in [-0.4, -0.2) is 21.5 Å². The lowest BCUT2D eigenvalue weighted by molar-refractivity contribution is 0.0954. The van der Waals surface area contributed by atoms with Crippen LogP contribution in [0.1, 0.15) is 26.4 Å². The molecule has 0 spiro atoms. The first-order valence-corrected chi connectivity index (χ1v) is 10.8. The number of aryl methyl sites for hydroxylation is 2. The zero-order valence-corrected chi connectivity index (χ0v) is 17.4. The summed E-state index contributed by atoms with van der Waals surface area (Å²) in [5.41, 5.74) is 4.54. The van der Waals surface area contributed by atoms with Crippen LogP contribution < -0.4 is 10.9 Å². The van der Waals surface area contributed by atoms with Crippen molar-refractivity contribution in [3.63, 3.8) is 0 Å². The summed E-state index contributed by atoms with van der Waals surface area (Å²) in [7, 11) is 0. The van der Waals surface area contributed by atoms with Gasteiger partial charge in [-0.25, -0.2) is 4.98 Å². The minimum atomic E-state index is -0.266. The molecule has 0 radical (unpaired) electrons. The van der Waals surface area contributed by atoms with Crippen molar-refractivity contribution in [2.24, 2.45) is 0 Å². The molecule has 0 aliphatic carbocycles. The van der Waals surface area contributed by atoms with E-state index in [0.29, 0.717) is 16.4 Å². The highest BCUT2D eigenvalue weighted by Crippen LogP contribution is 2.23. The van der Waals surface area contributed by atoms with Crippen LogP contribution in [0.4, 0.5) is 0 Å². The van der Waals surface area contributed by atoms with Gasteiger partial charge < -0.3 is 5.32 Å². The molecule has 0 saturated carbocycles. The van der Waals surface area contributed by atoms with E-state index in [1.165, 1.54) is 22.3 Å². The Morgan fingerprint density at radius 1 is 1.14 bits per heavy atom. The molecule has 1 amide bonds. The molecule has 4 rings (SSSR count). The van der Waals surface area contributed by atoms with Crippen LogP contribution in [0.15, 0.2) is 52.2 Å². The van der Waals surface area contributed by atoms with Crippen LogP contribution in [-0.2, 0) is 6.54 Å². The van der Waals surface area contributed by atoms with Crippen molar-refractivity contribution in [3.8, 4) is 0 Å². The maximum atomic E-state index is 12.7. The first-order valence-electron chi connectivity index (χ1n) is 8.81. The quantitative estimate of drug-likeness (QED) is 0.514. The smallest absolute Gasteiger partial charge is 0.261 e. The van der Waals surface area contributed by atoms with E-state index >= 15 is 0 Å². The van der Waals surface area contributed by atoms with Crippen molar-refractivity contribution < 1.29 is 4.79 Å². The molecule has 0 aliphatic heterocycles. The standard InChI is InChI=1S/C21H19N3O2S2/c1-12-8-16-17(9-13(12)2)24-19(25)10-18(28-21(24)23-16)20(26)22-11-14-4-6-15(27-3)7-5-14/h4-10H,11H2,1-3H3,(H,22,26). The highest BCUT2D eigenvalue weighted by molar-refractivity contribution is 7.98. The lowest BCUT2D eigenvalue weighted by atomic mass is 10.1. The minimum absolute atomic E-state index is 0.242. The van der Waals surface area contributed by atoms with E-state index < -0.39 is 0 Å². The lowest BCUT2D eigenvalue weighted by Crippen LogP contribution is -2.24. The number of thioether (sulfide) groups is 1. The van der Waals surface area contributed by atoms with Crippen molar-refractivity contribution in [3.05, 3.63) is 74.4 Å². The van der Waals surface area contributed by atoms with Crippen LogP contribution in [0, 0.1) is 13.8 Å². The van der Waals surface area contributed by atoms with Crippen molar-refractivity contribution in [2.45, 2.75) is 25.3 Å². The zero-order chi connectivity index (χ0) is 19.8. The summed E-state index contributed by atoms with van der Waals surface area (Å²) >= 11 is 2.90. The first-order chi connectivity index (χ1) is 13.5. The number of rotatable bonds is 4. The summed E-state index contributed by atoms with van der Waals surface area (Å²) in [4.78, 5) is 31.9. The maximum Gasteiger partial charge on any atom is 0.261 e. The van der Waals surface area contributed by atoms with Gasteiger partial charge in [0.2, 0.25) is 0 Å². The Balaban J connectivity index is 1.63. The minimum Gasteiger partial charge on any atom is -0.347 e. The number of fused-ring (bicyclic) bond motifs is 3. The second-order valence-corrected chi connectivity index (χ2v) is 8.52. The van der Waals surface area contributed by atoms with Crippen molar-refractivity contribution >= 4 is 45.0 Å². The number of hydrogen-bond donors (Lipinski definition) is 1. The van der Waals surface area contributed by atoms with Crippen LogP contribution in [0.2, 0.25) is 0 Å². The summed E-state index contributed by atoms with van der Waals surface area (Å²) in [6, 6.07) is 13.4. The number of carbonyl (C=O) groups is 1. The predicted octanol–water partition coefficient (Wildman–Crippen LogP) is 4.18. The molecule has 2 aromatic heterocycles. The van der Waals surface area contributed by atoms with Crippen LogP contribution in [0.5, 0.6) is 0 Å². The molecule has 0 fully saturated rings. The van der Waals surface area contributed by atoms with E-state index in [1.807, 2.05) is 56.5 Å². The number of amides is 1. The van der Waals surface area contributed by atoms with Crippen LogP contribution in [0.3, 0.4) is 0 Å². The van der Waals surface area contributed by atoms with Gasteiger partial charge in [0.1, 0.15) is 4.88 Å². The normalized spacial score (nSPS) is 11.2. The molecule has 4 aromatic rings. The van der Waals surface area contributed by atoms with Gasteiger partial charge in [0.25, 0.3) is 11.5 Å². The summed E-state index contributed by atoms with van der Waals surface area (Å²) < 4.78 is 1.57. The zero-order valence-electron chi connectivity index (χ0n) is 15.8. The fourth-order valence-electron chi connectivity index (χ4n) is 3.02. The topological polar surface area (TPSA) is 63.5 Å². The number of aromatic nitrogens is 2. The fraction of sp³-hybridized carbons (Fsp3) is 0.190. The summed E-state index contributed by atoms with van der Waals surface area (Å²) in [6.45, 7) is 4.44. The molecule has 0 unspecified atom stereocenters. The summed E-state index contributed by atoms with van der Waals surface area (Å²) in [5.74, 6) is -0.266. The van der Waals surface area contributed by atoms with Gasteiger partial charge >= 0.3 is 0 Å². The molecule has 0 bridgehead atoms. The molecule has 142 valence electrons. The van der Waals surface area contributed by atoms with E-state index in [0.717, 1.165) is 27.7 Å². The maximum absolute atomic E-state index is 12.7. The van der Waals surface area contributed by atoms with Crippen LogP contribution in [0.25, 0.3) is 16.0 Å². The molecule has 5 nitrogen and oxygen atoms in total. The van der Waals surface area contributed by atoms with Gasteiger partial charge in [-0.2, -0.15) is 0 Å².